The number of ketones is 1. The van der Waals surface area contributed by atoms with E-state index >= 15 is 0 Å². The fourth-order valence-electron chi connectivity index (χ4n) is 7.65. The van der Waals surface area contributed by atoms with Crippen molar-refractivity contribution in [1.82, 2.24) is 5.32 Å². The zero-order valence-electron chi connectivity index (χ0n) is 27.2. The Kier molecular flexibility index (Phi) is 9.04. The normalized spacial score (nSPS) is 33.1. The minimum atomic E-state index is -0.880. The molecule has 46 heavy (non-hydrogen) atoms. The molecule has 1 N–H and O–H groups in total. The van der Waals surface area contributed by atoms with Crippen LogP contribution < -0.4 is 24.3 Å². The quantitative estimate of drug-likeness (QED) is 0.209. The van der Waals surface area contributed by atoms with Gasteiger partial charge in [0.15, 0.2) is 35.8 Å². The van der Waals surface area contributed by atoms with Gasteiger partial charge in [0.1, 0.15) is 12.0 Å². The molecule has 5 aliphatic rings. The van der Waals surface area contributed by atoms with Crippen molar-refractivity contribution in [3.05, 3.63) is 53.6 Å². The largest absolute Gasteiger partial charge is 0.493 e. The number of carbonyl (C=O) groups is 2. The van der Waals surface area contributed by atoms with E-state index in [0.29, 0.717) is 40.0 Å². The number of carbonyl (C=O) groups excluding carboxylic acids is 2. The Balaban J connectivity index is 1.06. The molecule has 2 bridgehead atoms. The first-order chi connectivity index (χ1) is 22.1. The minimum absolute atomic E-state index is 0.0258. The van der Waals surface area contributed by atoms with Crippen LogP contribution in [0.4, 0.5) is 0 Å². The fraction of sp³-hybridized carbons (Fsp3) is 0.543. The molecule has 2 aromatic carbocycles. The van der Waals surface area contributed by atoms with E-state index in [9.17, 15) is 9.59 Å². The highest BCUT2D eigenvalue weighted by Crippen LogP contribution is 2.60. The highest BCUT2D eigenvalue weighted by atomic mass is 17.3. The molecule has 5 fully saturated rings. The summed E-state index contributed by atoms with van der Waals surface area (Å²) in [5.41, 5.74) is 0.438. The maximum absolute atomic E-state index is 13.0. The molecule has 1 aliphatic carbocycles. The van der Waals surface area contributed by atoms with Gasteiger partial charge in [-0.05, 0) is 86.6 Å². The van der Waals surface area contributed by atoms with Crippen LogP contribution in [-0.4, -0.2) is 63.5 Å². The number of hydrogen-bond donors (Lipinski definition) is 1. The van der Waals surface area contributed by atoms with E-state index in [2.05, 4.69) is 19.2 Å². The average molecular weight is 638 g/mol. The molecule has 11 heteroatoms. The van der Waals surface area contributed by atoms with Gasteiger partial charge in [0, 0.05) is 29.4 Å². The molecule has 4 heterocycles. The summed E-state index contributed by atoms with van der Waals surface area (Å²) in [5.74, 6) is 1.27. The number of methoxy groups -OCH3 is 3. The molecule has 1 spiro atoms. The van der Waals surface area contributed by atoms with Crippen LogP contribution >= 0.6 is 0 Å². The summed E-state index contributed by atoms with van der Waals surface area (Å²) in [7, 11) is 4.59. The predicted octanol–water partition coefficient (Wildman–Crippen LogP) is 5.31. The molecule has 0 aromatic heterocycles. The number of nitrogens with one attached hydrogen (secondary N) is 1. The average Bonchev–Trinajstić information content (AvgIpc) is 3.30. The summed E-state index contributed by atoms with van der Waals surface area (Å²) in [4.78, 5) is 38.0. The van der Waals surface area contributed by atoms with Crippen LogP contribution in [0.2, 0.25) is 0 Å². The van der Waals surface area contributed by atoms with Gasteiger partial charge in [0.2, 0.25) is 11.5 Å². The fourth-order valence-corrected chi connectivity index (χ4v) is 7.65. The van der Waals surface area contributed by atoms with Crippen molar-refractivity contribution >= 4 is 17.8 Å². The van der Waals surface area contributed by atoms with Gasteiger partial charge < -0.3 is 33.7 Å². The lowest BCUT2D eigenvalue weighted by molar-refractivity contribution is -0.571. The van der Waals surface area contributed by atoms with Crippen molar-refractivity contribution in [2.24, 2.45) is 23.7 Å². The first-order valence-electron chi connectivity index (χ1n) is 15.9. The number of rotatable bonds is 10. The van der Waals surface area contributed by atoms with Crippen LogP contribution in [-0.2, 0) is 24.0 Å². The Bertz CT molecular complexity index is 1480. The number of amides is 1. The van der Waals surface area contributed by atoms with E-state index in [0.717, 1.165) is 25.7 Å². The maximum atomic E-state index is 13.0. The topological polar surface area (TPSA) is 120 Å². The highest BCUT2D eigenvalue weighted by Gasteiger charge is 2.69. The molecule has 7 rings (SSSR count). The Morgan fingerprint density at radius 2 is 1.70 bits per heavy atom. The van der Waals surface area contributed by atoms with Crippen molar-refractivity contribution in [2.45, 2.75) is 70.4 Å². The van der Waals surface area contributed by atoms with Crippen LogP contribution in [0.15, 0.2) is 42.5 Å². The van der Waals surface area contributed by atoms with E-state index in [1.165, 1.54) is 20.3 Å². The zero-order valence-corrected chi connectivity index (χ0v) is 27.2. The van der Waals surface area contributed by atoms with Gasteiger partial charge in [-0.25, -0.2) is 9.78 Å². The van der Waals surface area contributed by atoms with Crippen LogP contribution in [0.25, 0.3) is 6.08 Å². The molecule has 4 aliphatic heterocycles. The predicted molar refractivity (Wildman–Crippen MR) is 166 cm³/mol. The van der Waals surface area contributed by atoms with Gasteiger partial charge in [0.05, 0.1) is 21.3 Å². The van der Waals surface area contributed by atoms with Gasteiger partial charge in [-0.2, -0.15) is 0 Å². The lowest BCUT2D eigenvalue weighted by Gasteiger charge is -2.60. The Hall–Kier alpha value is -3.64. The zero-order chi connectivity index (χ0) is 32.6. The molecule has 8 atom stereocenters. The molecule has 1 saturated carbocycles. The molecule has 11 nitrogen and oxygen atoms in total. The first kappa shape index (κ1) is 32.3. The third-order valence-electron chi connectivity index (χ3n) is 10.1. The van der Waals surface area contributed by atoms with E-state index in [1.54, 1.807) is 49.6 Å². The smallest absolute Gasteiger partial charge is 0.259 e. The van der Waals surface area contributed by atoms with Crippen LogP contribution in [0, 0.1) is 23.7 Å². The summed E-state index contributed by atoms with van der Waals surface area (Å²) in [6.07, 6.45) is 5.60. The number of fused-ring (bicyclic) bond motifs is 2. The van der Waals surface area contributed by atoms with E-state index in [4.69, 9.17) is 38.2 Å². The second kappa shape index (κ2) is 12.9. The first-order valence-corrected chi connectivity index (χ1v) is 15.9. The molecule has 0 radical (unpaired) electrons. The second-order valence-corrected chi connectivity index (χ2v) is 12.8. The SMILES string of the molecule is COc1ccc(/C=C/C(=O)c2ccc(OCC(=O)N[C@H]3O[C@@H]4O[C@]5(C)CC[C@H]6[C@H](C)CC[C@@H]([C@H]3C)[C@@]46OO5)cc2)c(OC)c1OC. The highest BCUT2D eigenvalue weighted by molar-refractivity contribution is 6.07. The monoisotopic (exact) mass is 637 g/mol. The summed E-state index contributed by atoms with van der Waals surface area (Å²) < 4.78 is 34.8. The lowest BCUT2D eigenvalue weighted by atomic mass is 9.58. The molecule has 2 aromatic rings. The van der Waals surface area contributed by atoms with E-state index in [1.807, 2.05) is 6.92 Å². The molecule has 248 valence electrons. The third-order valence-corrected chi connectivity index (χ3v) is 10.1. The molecule has 1 amide bonds. The summed E-state index contributed by atoms with van der Waals surface area (Å²) in [6.45, 7) is 6.02. The minimum Gasteiger partial charge on any atom is -0.493 e. The molecule has 4 saturated heterocycles. The number of hydrogen-bond acceptors (Lipinski definition) is 10. The number of allylic oxidation sites excluding steroid dienone is 1. The van der Waals surface area contributed by atoms with Gasteiger partial charge in [-0.15, -0.1) is 0 Å². The van der Waals surface area contributed by atoms with Crippen molar-refractivity contribution < 1.29 is 47.8 Å². The second-order valence-electron chi connectivity index (χ2n) is 12.8. The van der Waals surface area contributed by atoms with E-state index in [-0.39, 0.29) is 36.1 Å². The Morgan fingerprint density at radius 1 is 0.935 bits per heavy atom. The third kappa shape index (κ3) is 5.74. The maximum Gasteiger partial charge on any atom is 0.259 e. The van der Waals surface area contributed by atoms with Crippen LogP contribution in [0.1, 0.15) is 62.4 Å². The van der Waals surface area contributed by atoms with E-state index < -0.39 is 23.9 Å². The van der Waals surface area contributed by atoms with Crippen molar-refractivity contribution in [3.63, 3.8) is 0 Å². The van der Waals surface area contributed by atoms with Crippen LogP contribution in [0.5, 0.6) is 23.0 Å². The summed E-state index contributed by atoms with van der Waals surface area (Å²) >= 11 is 0. The number of ether oxygens (including phenoxy) is 6. The van der Waals surface area contributed by atoms with Gasteiger partial charge in [-0.1, -0.05) is 13.8 Å². The van der Waals surface area contributed by atoms with Gasteiger partial charge in [-0.3, -0.25) is 9.59 Å². The number of benzene rings is 2. The molecular weight excluding hydrogens is 594 g/mol. The Morgan fingerprint density at radius 3 is 2.41 bits per heavy atom. The summed E-state index contributed by atoms with van der Waals surface area (Å²) in [6, 6.07) is 10.2. The van der Waals surface area contributed by atoms with Crippen LogP contribution in [0.3, 0.4) is 0 Å². The van der Waals surface area contributed by atoms with Crippen molar-refractivity contribution in [1.29, 1.82) is 0 Å². The molecule has 0 unspecified atom stereocenters. The summed E-state index contributed by atoms with van der Waals surface area (Å²) in [5, 5.41) is 3.01. The standard InChI is InChI=1S/C35H43NO10/c1-20-7-14-26-21(2)32(43-33-35(26)25(20)17-18-34(3,44-33)45-46-35)36-29(38)19-42-24-12-8-22(9-13-24)27(37)15-10-23-11-16-28(39-4)31(41-6)30(23)40-5/h8-13,15-16,20-21,25-26,32-33H,7,14,17-19H2,1-6H3,(H,36,38)/b15-10+/t20-,21-,25+,26+,32+,33-,34+,35-/m1/s1. The van der Waals surface area contributed by atoms with Gasteiger partial charge in [0.25, 0.3) is 5.91 Å². The molecular formula is C35H43NO10. The Labute approximate surface area is 269 Å². The van der Waals surface area contributed by atoms with Gasteiger partial charge >= 0.3 is 0 Å². The lowest BCUT2D eigenvalue weighted by Crippen LogP contribution is -2.72. The van der Waals surface area contributed by atoms with Crippen molar-refractivity contribution in [2.75, 3.05) is 27.9 Å². The van der Waals surface area contributed by atoms with Crippen molar-refractivity contribution in [3.8, 4) is 23.0 Å².